The molecule has 0 bridgehead atoms. The van der Waals surface area contributed by atoms with Crippen LogP contribution in [-0.2, 0) is 21.6 Å². The number of rotatable bonds is 6. The number of likely N-dealkylation sites (tertiary alicyclic amines) is 1. The number of halogens is 1. The Balaban J connectivity index is 1.71. The lowest BCUT2D eigenvalue weighted by molar-refractivity contribution is -0.156. The van der Waals surface area contributed by atoms with E-state index in [2.05, 4.69) is 5.32 Å². The van der Waals surface area contributed by atoms with Crippen molar-refractivity contribution in [3.8, 4) is 0 Å². The molecule has 1 heterocycles. The van der Waals surface area contributed by atoms with E-state index in [0.717, 1.165) is 16.7 Å². The van der Waals surface area contributed by atoms with Gasteiger partial charge < -0.3 is 15.3 Å². The third kappa shape index (κ3) is 5.59. The average Bonchev–Trinajstić information content (AvgIpc) is 2.73. The molecule has 1 aliphatic heterocycles. The Morgan fingerprint density at radius 3 is 2.39 bits per heavy atom. The highest BCUT2D eigenvalue weighted by Crippen LogP contribution is 2.46. The number of carbonyl (C=O) groups is 2. The Morgan fingerprint density at radius 1 is 1.15 bits per heavy atom. The number of benzene rings is 2. The van der Waals surface area contributed by atoms with Crippen LogP contribution in [0.1, 0.15) is 50.8 Å². The first-order valence-electron chi connectivity index (χ1n) is 11.5. The van der Waals surface area contributed by atoms with Crippen LogP contribution in [0.15, 0.2) is 48.5 Å². The Morgan fingerprint density at radius 2 is 1.82 bits per heavy atom. The van der Waals surface area contributed by atoms with Crippen LogP contribution in [-0.4, -0.2) is 41.0 Å². The molecule has 2 aromatic carbocycles. The van der Waals surface area contributed by atoms with Crippen LogP contribution in [0.3, 0.4) is 0 Å². The number of nitrogens with zero attached hydrogens (tertiary/aromatic N) is 1. The number of carbonyl (C=O) groups excluding carboxylic acids is 2. The summed E-state index contributed by atoms with van der Waals surface area (Å²) in [6.45, 7) is 10.6. The van der Waals surface area contributed by atoms with Crippen LogP contribution in [0.4, 0.5) is 0 Å². The number of hydrogen-bond donors (Lipinski definition) is 2. The summed E-state index contributed by atoms with van der Waals surface area (Å²) in [5, 5.41) is 15.2. The van der Waals surface area contributed by atoms with Crippen LogP contribution < -0.4 is 5.32 Å². The molecule has 2 aromatic rings. The van der Waals surface area contributed by atoms with Gasteiger partial charge in [-0.25, -0.2) is 0 Å². The van der Waals surface area contributed by atoms with Crippen LogP contribution in [0.2, 0.25) is 5.02 Å². The molecule has 3 rings (SSSR count). The fraction of sp³-hybridized carbons (Fsp3) is 0.481. The molecule has 0 spiro atoms. The minimum absolute atomic E-state index is 0.0563. The van der Waals surface area contributed by atoms with E-state index in [-0.39, 0.29) is 24.2 Å². The highest BCUT2D eigenvalue weighted by Gasteiger charge is 2.50. The van der Waals surface area contributed by atoms with Crippen molar-refractivity contribution < 1.29 is 14.7 Å². The normalized spacial score (nSPS) is 21.0. The van der Waals surface area contributed by atoms with Gasteiger partial charge in [0.1, 0.15) is 6.04 Å². The monoisotopic (exact) mass is 470 g/mol. The fourth-order valence-electron chi connectivity index (χ4n) is 4.71. The quantitative estimate of drug-likeness (QED) is 0.654. The molecule has 0 aliphatic carbocycles. The third-order valence-electron chi connectivity index (χ3n) is 6.78. The third-order valence-corrected chi connectivity index (χ3v) is 7.03. The van der Waals surface area contributed by atoms with Gasteiger partial charge in [0.2, 0.25) is 11.8 Å². The zero-order valence-corrected chi connectivity index (χ0v) is 20.9. The molecule has 1 aliphatic rings. The highest BCUT2D eigenvalue weighted by molar-refractivity contribution is 6.30. The van der Waals surface area contributed by atoms with Crippen LogP contribution in [0, 0.1) is 18.3 Å². The first-order chi connectivity index (χ1) is 15.4. The van der Waals surface area contributed by atoms with E-state index < -0.39 is 17.1 Å². The molecule has 2 N–H and O–H groups in total. The SMILES string of the molecule is Cc1cccc(CC(=O)N[C@@H](C(=O)N2CC[C@](O)(c3ccc(Cl)cc3)C(C)(C)C2)C(C)C)c1. The summed E-state index contributed by atoms with van der Waals surface area (Å²) in [5.41, 5.74) is 1.17. The lowest BCUT2D eigenvalue weighted by Crippen LogP contribution is -2.60. The number of aryl methyl sites for hydroxylation is 1. The summed E-state index contributed by atoms with van der Waals surface area (Å²) in [4.78, 5) is 28.0. The molecule has 5 nitrogen and oxygen atoms in total. The van der Waals surface area contributed by atoms with E-state index >= 15 is 0 Å². The van der Waals surface area contributed by atoms with Crippen molar-refractivity contribution in [2.45, 2.75) is 59.1 Å². The van der Waals surface area contributed by atoms with Gasteiger partial charge >= 0.3 is 0 Å². The number of aliphatic hydroxyl groups is 1. The summed E-state index contributed by atoms with van der Waals surface area (Å²) in [6, 6.07) is 14.5. The number of nitrogens with one attached hydrogen (secondary N) is 1. The van der Waals surface area contributed by atoms with Crippen molar-refractivity contribution in [1.29, 1.82) is 0 Å². The molecule has 33 heavy (non-hydrogen) atoms. The summed E-state index contributed by atoms with van der Waals surface area (Å²) in [5.74, 6) is -0.324. The molecule has 0 aromatic heterocycles. The van der Waals surface area contributed by atoms with Crippen LogP contribution in [0.5, 0.6) is 0 Å². The maximum absolute atomic E-state index is 13.5. The highest BCUT2D eigenvalue weighted by atomic mass is 35.5. The van der Waals surface area contributed by atoms with E-state index in [1.165, 1.54) is 0 Å². The smallest absolute Gasteiger partial charge is 0.245 e. The first-order valence-corrected chi connectivity index (χ1v) is 11.9. The number of hydrogen-bond acceptors (Lipinski definition) is 3. The van der Waals surface area contributed by atoms with E-state index in [1.807, 2.05) is 71.0 Å². The zero-order chi connectivity index (χ0) is 24.4. The van der Waals surface area contributed by atoms with E-state index in [1.54, 1.807) is 17.0 Å². The Hall–Kier alpha value is -2.37. The minimum atomic E-state index is -1.07. The van der Waals surface area contributed by atoms with Gasteiger partial charge in [-0.15, -0.1) is 0 Å². The average molecular weight is 471 g/mol. The second-order valence-corrected chi connectivity index (χ2v) is 10.7. The first kappa shape index (κ1) is 25.3. The van der Waals surface area contributed by atoms with Crippen molar-refractivity contribution in [1.82, 2.24) is 10.2 Å². The molecule has 2 amide bonds. The Kier molecular flexibility index (Phi) is 7.55. The maximum atomic E-state index is 13.5. The molecular weight excluding hydrogens is 436 g/mol. The molecule has 178 valence electrons. The summed E-state index contributed by atoms with van der Waals surface area (Å²) < 4.78 is 0. The largest absolute Gasteiger partial charge is 0.384 e. The molecule has 1 fully saturated rings. The summed E-state index contributed by atoms with van der Waals surface area (Å²) >= 11 is 6.03. The molecule has 1 saturated heterocycles. The van der Waals surface area contributed by atoms with Gasteiger partial charge in [-0.3, -0.25) is 9.59 Å². The van der Waals surface area contributed by atoms with Gasteiger partial charge in [0.15, 0.2) is 0 Å². The molecule has 0 radical (unpaired) electrons. The molecule has 0 unspecified atom stereocenters. The topological polar surface area (TPSA) is 69.6 Å². The van der Waals surface area contributed by atoms with Crippen LogP contribution in [0.25, 0.3) is 0 Å². The lowest BCUT2D eigenvalue weighted by Gasteiger charge is -2.51. The standard InChI is InChI=1S/C27H35ClN2O3/c1-18(2)24(29-23(31)16-20-8-6-7-19(3)15-20)25(32)30-14-13-27(33,26(4,5)17-30)21-9-11-22(28)12-10-21/h6-12,15,18,24,33H,13-14,16-17H2,1-5H3,(H,29,31)/t24-,27+/m1/s1. The second kappa shape index (κ2) is 9.86. The van der Waals surface area contributed by atoms with Crippen molar-refractivity contribution in [3.63, 3.8) is 0 Å². The van der Waals surface area contributed by atoms with Crippen molar-refractivity contribution in [2.75, 3.05) is 13.1 Å². The molecule has 2 atom stereocenters. The van der Waals surface area contributed by atoms with Gasteiger partial charge in [0, 0.05) is 23.5 Å². The van der Waals surface area contributed by atoms with Gasteiger partial charge in [0.05, 0.1) is 12.0 Å². The fourth-order valence-corrected chi connectivity index (χ4v) is 4.84. The molecule has 0 saturated carbocycles. The van der Waals surface area contributed by atoms with Gasteiger partial charge in [-0.1, -0.05) is 81.3 Å². The van der Waals surface area contributed by atoms with E-state index in [9.17, 15) is 14.7 Å². The number of piperidine rings is 1. The summed E-state index contributed by atoms with van der Waals surface area (Å²) in [7, 11) is 0. The van der Waals surface area contributed by atoms with Crippen molar-refractivity contribution in [2.24, 2.45) is 11.3 Å². The summed E-state index contributed by atoms with van der Waals surface area (Å²) in [6.07, 6.45) is 0.648. The van der Waals surface area contributed by atoms with Gasteiger partial charge in [-0.05, 0) is 42.5 Å². The zero-order valence-electron chi connectivity index (χ0n) is 20.2. The van der Waals surface area contributed by atoms with Gasteiger partial charge in [-0.2, -0.15) is 0 Å². The predicted molar refractivity (Wildman–Crippen MR) is 132 cm³/mol. The van der Waals surface area contributed by atoms with Gasteiger partial charge in [0.25, 0.3) is 0 Å². The Labute approximate surface area is 202 Å². The lowest BCUT2D eigenvalue weighted by atomic mass is 9.66. The number of amides is 2. The molecular formula is C27H35ClN2O3. The van der Waals surface area contributed by atoms with Crippen molar-refractivity contribution in [3.05, 3.63) is 70.2 Å². The van der Waals surface area contributed by atoms with Crippen LogP contribution >= 0.6 is 11.6 Å². The predicted octanol–water partition coefficient (Wildman–Crippen LogP) is 4.48. The van der Waals surface area contributed by atoms with E-state index in [4.69, 9.17) is 11.6 Å². The van der Waals surface area contributed by atoms with E-state index in [0.29, 0.717) is 24.5 Å². The Bertz CT molecular complexity index is 1000. The van der Waals surface area contributed by atoms with Crippen molar-refractivity contribution >= 4 is 23.4 Å². The second-order valence-electron chi connectivity index (χ2n) is 10.2. The maximum Gasteiger partial charge on any atom is 0.245 e. The minimum Gasteiger partial charge on any atom is -0.384 e. The molecule has 6 heteroatoms.